The molecular weight excluding hydrogens is 266 g/mol. The lowest BCUT2D eigenvalue weighted by Crippen LogP contribution is -2.32. The molecule has 1 aromatic rings. The summed E-state index contributed by atoms with van der Waals surface area (Å²) in [5.41, 5.74) is 0. The summed E-state index contributed by atoms with van der Waals surface area (Å²) < 4.78 is 11.5. The molecule has 3 fully saturated rings. The average Bonchev–Trinajstić information content (AvgIpc) is 3.26. The SMILES string of the molecule is CCCNC1CCCC1c1nc(C2CC3CCC2O3)no1. The van der Waals surface area contributed by atoms with Gasteiger partial charge in [-0.3, -0.25) is 0 Å². The molecule has 3 aliphatic rings. The molecule has 21 heavy (non-hydrogen) atoms. The van der Waals surface area contributed by atoms with E-state index in [1.807, 2.05) is 0 Å². The first-order chi connectivity index (χ1) is 10.3. The Balaban J connectivity index is 1.46. The van der Waals surface area contributed by atoms with E-state index < -0.39 is 0 Å². The van der Waals surface area contributed by atoms with Crippen LogP contribution in [0.3, 0.4) is 0 Å². The van der Waals surface area contributed by atoms with Gasteiger partial charge in [-0.2, -0.15) is 4.98 Å². The van der Waals surface area contributed by atoms with E-state index in [4.69, 9.17) is 14.2 Å². The second-order valence-electron chi connectivity index (χ2n) is 6.80. The molecule has 5 unspecified atom stereocenters. The van der Waals surface area contributed by atoms with E-state index in [0.29, 0.717) is 30.1 Å². The molecule has 4 rings (SSSR count). The summed E-state index contributed by atoms with van der Waals surface area (Å²) >= 11 is 0. The van der Waals surface area contributed by atoms with Crippen molar-refractivity contribution < 1.29 is 9.26 Å². The van der Waals surface area contributed by atoms with E-state index in [1.54, 1.807) is 0 Å². The van der Waals surface area contributed by atoms with E-state index in [-0.39, 0.29) is 0 Å². The highest BCUT2D eigenvalue weighted by Crippen LogP contribution is 2.44. The topological polar surface area (TPSA) is 60.2 Å². The molecule has 0 amide bonds. The van der Waals surface area contributed by atoms with Crippen molar-refractivity contribution in [2.45, 2.75) is 82.0 Å². The third-order valence-corrected chi connectivity index (χ3v) is 5.38. The predicted octanol–water partition coefficient (Wildman–Crippen LogP) is 2.74. The van der Waals surface area contributed by atoms with Crippen LogP contribution >= 0.6 is 0 Å². The standard InChI is InChI=1S/C16H25N3O2/c1-2-8-17-13-5-3-4-11(13)16-18-15(19-21-16)12-9-10-6-7-14(12)20-10/h10-14,17H,2-9H2,1H3. The molecule has 5 atom stereocenters. The van der Waals surface area contributed by atoms with Crippen LogP contribution in [0.4, 0.5) is 0 Å². The molecule has 2 saturated heterocycles. The van der Waals surface area contributed by atoms with Crippen molar-refractivity contribution in [2.24, 2.45) is 0 Å². The van der Waals surface area contributed by atoms with Gasteiger partial charge in [0.05, 0.1) is 24.0 Å². The quantitative estimate of drug-likeness (QED) is 0.904. The lowest BCUT2D eigenvalue weighted by atomic mass is 9.89. The van der Waals surface area contributed by atoms with Crippen molar-refractivity contribution >= 4 is 0 Å². The molecule has 2 bridgehead atoms. The van der Waals surface area contributed by atoms with Crippen LogP contribution in [0.2, 0.25) is 0 Å². The first kappa shape index (κ1) is 13.7. The van der Waals surface area contributed by atoms with Crippen molar-refractivity contribution in [3.63, 3.8) is 0 Å². The van der Waals surface area contributed by atoms with Crippen LogP contribution in [0.15, 0.2) is 4.52 Å². The zero-order chi connectivity index (χ0) is 14.2. The molecule has 116 valence electrons. The summed E-state index contributed by atoms with van der Waals surface area (Å²) in [6.45, 7) is 3.28. The Morgan fingerprint density at radius 3 is 2.90 bits per heavy atom. The van der Waals surface area contributed by atoms with Gasteiger partial charge in [0, 0.05) is 6.04 Å². The fourth-order valence-corrected chi connectivity index (χ4v) is 4.29. The second kappa shape index (κ2) is 5.69. The fraction of sp³-hybridized carbons (Fsp3) is 0.875. The largest absolute Gasteiger partial charge is 0.374 e. The zero-order valence-corrected chi connectivity index (χ0v) is 12.8. The van der Waals surface area contributed by atoms with E-state index in [0.717, 1.165) is 37.5 Å². The molecule has 0 radical (unpaired) electrons. The minimum absolute atomic E-state index is 0.332. The minimum Gasteiger partial charge on any atom is -0.374 e. The number of nitrogens with one attached hydrogen (secondary N) is 1. The van der Waals surface area contributed by atoms with E-state index in [1.165, 1.54) is 25.7 Å². The molecular formula is C16H25N3O2. The summed E-state index contributed by atoms with van der Waals surface area (Å²) in [6, 6.07) is 0.509. The highest BCUT2D eigenvalue weighted by Gasteiger charge is 2.44. The average molecular weight is 291 g/mol. The summed E-state index contributed by atoms with van der Waals surface area (Å²) in [5, 5.41) is 7.92. The number of aromatic nitrogens is 2. The van der Waals surface area contributed by atoms with Gasteiger partial charge in [-0.05, 0) is 45.1 Å². The third kappa shape index (κ3) is 2.50. The van der Waals surface area contributed by atoms with Crippen molar-refractivity contribution in [3.05, 3.63) is 11.7 Å². The van der Waals surface area contributed by atoms with Crippen LogP contribution in [0.1, 0.15) is 75.4 Å². The smallest absolute Gasteiger partial charge is 0.231 e. The van der Waals surface area contributed by atoms with Gasteiger partial charge in [0.15, 0.2) is 5.82 Å². The van der Waals surface area contributed by atoms with Gasteiger partial charge in [-0.15, -0.1) is 0 Å². The lowest BCUT2D eigenvalue weighted by Gasteiger charge is -2.17. The Morgan fingerprint density at radius 2 is 2.14 bits per heavy atom. The van der Waals surface area contributed by atoms with Crippen LogP contribution in [-0.2, 0) is 4.74 Å². The molecule has 0 spiro atoms. The molecule has 3 heterocycles. The summed E-state index contributed by atoms with van der Waals surface area (Å²) in [4.78, 5) is 4.75. The monoisotopic (exact) mass is 291 g/mol. The first-order valence-corrected chi connectivity index (χ1v) is 8.57. The Labute approximate surface area is 125 Å². The number of ether oxygens (including phenoxy) is 1. The molecule has 1 aromatic heterocycles. The van der Waals surface area contributed by atoms with Crippen molar-refractivity contribution in [1.82, 2.24) is 15.5 Å². The van der Waals surface area contributed by atoms with Crippen LogP contribution in [0.5, 0.6) is 0 Å². The molecule has 1 saturated carbocycles. The van der Waals surface area contributed by atoms with Gasteiger partial charge in [-0.1, -0.05) is 18.5 Å². The number of fused-ring (bicyclic) bond motifs is 2. The fourth-order valence-electron chi connectivity index (χ4n) is 4.29. The van der Waals surface area contributed by atoms with Crippen molar-refractivity contribution in [1.29, 1.82) is 0 Å². The van der Waals surface area contributed by atoms with Gasteiger partial charge >= 0.3 is 0 Å². The van der Waals surface area contributed by atoms with Crippen LogP contribution in [0, 0.1) is 0 Å². The third-order valence-electron chi connectivity index (χ3n) is 5.38. The molecule has 2 aliphatic heterocycles. The van der Waals surface area contributed by atoms with Crippen LogP contribution in [-0.4, -0.2) is 34.9 Å². The summed E-state index contributed by atoms with van der Waals surface area (Å²) in [5.74, 6) is 2.50. The maximum Gasteiger partial charge on any atom is 0.231 e. The highest BCUT2D eigenvalue weighted by molar-refractivity contribution is 5.10. The Morgan fingerprint density at radius 1 is 1.19 bits per heavy atom. The normalized spacial score (nSPS) is 38.4. The van der Waals surface area contributed by atoms with E-state index in [2.05, 4.69) is 17.4 Å². The van der Waals surface area contributed by atoms with Gasteiger partial charge in [0.1, 0.15) is 0 Å². The summed E-state index contributed by atoms with van der Waals surface area (Å²) in [6.07, 6.45) is 9.01. The van der Waals surface area contributed by atoms with Gasteiger partial charge < -0.3 is 14.6 Å². The number of hydrogen-bond donors (Lipinski definition) is 1. The van der Waals surface area contributed by atoms with Gasteiger partial charge in [0.25, 0.3) is 0 Å². The number of nitrogens with zero attached hydrogens (tertiary/aromatic N) is 2. The van der Waals surface area contributed by atoms with Gasteiger partial charge in [0.2, 0.25) is 5.89 Å². The highest BCUT2D eigenvalue weighted by atomic mass is 16.5. The molecule has 5 nitrogen and oxygen atoms in total. The van der Waals surface area contributed by atoms with E-state index in [9.17, 15) is 0 Å². The first-order valence-electron chi connectivity index (χ1n) is 8.57. The summed E-state index contributed by atoms with van der Waals surface area (Å²) in [7, 11) is 0. The van der Waals surface area contributed by atoms with Crippen LogP contribution in [0.25, 0.3) is 0 Å². The molecule has 0 aromatic carbocycles. The minimum atomic E-state index is 0.332. The number of hydrogen-bond acceptors (Lipinski definition) is 5. The zero-order valence-electron chi connectivity index (χ0n) is 12.8. The lowest BCUT2D eigenvalue weighted by molar-refractivity contribution is 0.0996. The number of rotatable bonds is 5. The predicted molar refractivity (Wildman–Crippen MR) is 78.2 cm³/mol. The Hall–Kier alpha value is -0.940. The maximum absolute atomic E-state index is 5.91. The van der Waals surface area contributed by atoms with Crippen molar-refractivity contribution in [2.75, 3.05) is 6.54 Å². The van der Waals surface area contributed by atoms with E-state index >= 15 is 0 Å². The second-order valence-corrected chi connectivity index (χ2v) is 6.80. The molecule has 5 heteroatoms. The Bertz CT molecular complexity index is 490. The molecule has 1 N–H and O–H groups in total. The maximum atomic E-state index is 5.91. The molecule has 1 aliphatic carbocycles. The Kier molecular flexibility index (Phi) is 3.71. The van der Waals surface area contributed by atoms with Crippen LogP contribution < -0.4 is 5.32 Å². The van der Waals surface area contributed by atoms with Gasteiger partial charge in [-0.25, -0.2) is 0 Å². The van der Waals surface area contributed by atoms with Crippen molar-refractivity contribution in [3.8, 4) is 0 Å².